The number of nitrogens with one attached hydrogen (secondary N) is 1. The lowest BCUT2D eigenvalue weighted by atomic mass is 10.2. The molecule has 2 rings (SSSR count). The number of nitrogens with zero attached hydrogens (tertiary/aromatic N) is 2. The number of ether oxygens (including phenoxy) is 2. The number of rotatable bonds is 9. The highest BCUT2D eigenvalue weighted by atomic mass is 19.4. The Morgan fingerprint density at radius 2 is 1.97 bits per heavy atom. The van der Waals surface area contributed by atoms with Gasteiger partial charge in [-0.1, -0.05) is 6.07 Å². The molecule has 0 unspecified atom stereocenters. The fourth-order valence-electron chi connectivity index (χ4n) is 2.48. The molecule has 0 saturated carbocycles. The third kappa shape index (κ3) is 6.40. The Labute approximate surface area is 165 Å². The summed E-state index contributed by atoms with van der Waals surface area (Å²) in [5.41, 5.74) is -1.46. The van der Waals surface area contributed by atoms with Crippen molar-refractivity contribution in [1.82, 2.24) is 15.1 Å². The van der Waals surface area contributed by atoms with Gasteiger partial charge < -0.3 is 14.8 Å². The summed E-state index contributed by atoms with van der Waals surface area (Å²) in [5.74, 6) is -0.701. The van der Waals surface area contributed by atoms with Crippen molar-refractivity contribution in [2.45, 2.75) is 19.5 Å². The second kappa shape index (κ2) is 10.2. The van der Waals surface area contributed by atoms with E-state index >= 15 is 0 Å². The standard InChI is InChI=1S/C19H22F3N3O4/c1-13-11-16(26)17(18(27)23-7-4-8-29-10-9-28-2)24-25(13)15-6-3-5-14(12-15)19(20,21)22/h3,5-6,11-12H,4,7-10H2,1-2H3,(H,23,27). The Balaban J connectivity index is 2.13. The van der Waals surface area contributed by atoms with Gasteiger partial charge in [-0.3, -0.25) is 9.59 Å². The molecule has 10 heteroatoms. The van der Waals surface area contributed by atoms with Gasteiger partial charge in [0, 0.05) is 32.0 Å². The minimum Gasteiger partial charge on any atom is -0.382 e. The third-order valence-electron chi connectivity index (χ3n) is 3.92. The summed E-state index contributed by atoms with van der Waals surface area (Å²) in [6.07, 6.45) is -4.00. The lowest BCUT2D eigenvalue weighted by molar-refractivity contribution is -0.137. The first-order valence-electron chi connectivity index (χ1n) is 8.87. The quantitative estimate of drug-likeness (QED) is 0.638. The number of halogens is 3. The normalized spacial score (nSPS) is 11.5. The molecule has 1 amide bonds. The molecule has 0 atom stereocenters. The van der Waals surface area contributed by atoms with Crippen LogP contribution < -0.4 is 10.7 Å². The average molecular weight is 413 g/mol. The molecule has 0 fully saturated rings. The molecule has 158 valence electrons. The van der Waals surface area contributed by atoms with Crippen molar-refractivity contribution >= 4 is 5.91 Å². The zero-order chi connectivity index (χ0) is 21.4. The van der Waals surface area contributed by atoms with E-state index < -0.39 is 28.8 Å². The van der Waals surface area contributed by atoms with Crippen molar-refractivity contribution in [3.63, 3.8) is 0 Å². The van der Waals surface area contributed by atoms with Crippen LogP contribution in [-0.4, -0.2) is 49.2 Å². The Morgan fingerprint density at radius 3 is 2.66 bits per heavy atom. The first-order chi connectivity index (χ1) is 13.7. The van der Waals surface area contributed by atoms with Gasteiger partial charge >= 0.3 is 6.18 Å². The first-order valence-corrected chi connectivity index (χ1v) is 8.87. The van der Waals surface area contributed by atoms with E-state index in [1.165, 1.54) is 19.1 Å². The number of benzene rings is 1. The number of alkyl halides is 3. The van der Waals surface area contributed by atoms with Gasteiger partial charge in [0.25, 0.3) is 5.91 Å². The molecule has 1 N–H and O–H groups in total. The summed E-state index contributed by atoms with van der Waals surface area (Å²) in [4.78, 5) is 24.4. The fourth-order valence-corrected chi connectivity index (χ4v) is 2.48. The zero-order valence-electron chi connectivity index (χ0n) is 16.1. The summed E-state index contributed by atoms with van der Waals surface area (Å²) in [7, 11) is 1.56. The van der Waals surface area contributed by atoms with Crippen LogP contribution in [0, 0.1) is 6.92 Å². The molecule has 1 aromatic carbocycles. The summed E-state index contributed by atoms with van der Waals surface area (Å²) < 4.78 is 50.1. The van der Waals surface area contributed by atoms with E-state index in [2.05, 4.69) is 10.4 Å². The maximum atomic E-state index is 13.0. The van der Waals surface area contributed by atoms with E-state index in [-0.39, 0.29) is 12.2 Å². The smallest absolute Gasteiger partial charge is 0.382 e. The molecule has 0 saturated heterocycles. The van der Waals surface area contributed by atoms with E-state index in [0.29, 0.717) is 31.9 Å². The van der Waals surface area contributed by atoms with E-state index in [1.54, 1.807) is 7.11 Å². The summed E-state index contributed by atoms with van der Waals surface area (Å²) >= 11 is 0. The van der Waals surface area contributed by atoms with Gasteiger partial charge in [0.2, 0.25) is 5.43 Å². The molecule has 0 aliphatic heterocycles. The van der Waals surface area contributed by atoms with Crippen LogP contribution in [0.25, 0.3) is 5.69 Å². The first kappa shape index (κ1) is 22.6. The van der Waals surface area contributed by atoms with Crippen molar-refractivity contribution < 1.29 is 27.4 Å². The molecule has 1 aromatic heterocycles. The highest BCUT2D eigenvalue weighted by Gasteiger charge is 2.30. The molecule has 2 aromatic rings. The largest absolute Gasteiger partial charge is 0.416 e. The van der Waals surface area contributed by atoms with Crippen LogP contribution >= 0.6 is 0 Å². The number of hydrogen-bond donors (Lipinski definition) is 1. The van der Waals surface area contributed by atoms with Gasteiger partial charge in [0.05, 0.1) is 24.5 Å². The zero-order valence-corrected chi connectivity index (χ0v) is 16.1. The predicted octanol–water partition coefficient (Wildman–Crippen LogP) is 2.34. The Hall–Kier alpha value is -2.72. The Bertz CT molecular complexity index is 897. The van der Waals surface area contributed by atoms with Crippen molar-refractivity contribution in [3.05, 3.63) is 57.5 Å². The van der Waals surface area contributed by atoms with Crippen molar-refractivity contribution in [1.29, 1.82) is 0 Å². The van der Waals surface area contributed by atoms with E-state index in [1.807, 2.05) is 0 Å². The van der Waals surface area contributed by atoms with E-state index in [4.69, 9.17) is 9.47 Å². The van der Waals surface area contributed by atoms with Crippen LogP contribution in [-0.2, 0) is 15.7 Å². The number of aryl methyl sites for hydroxylation is 1. The fraction of sp³-hybridized carbons (Fsp3) is 0.421. The molecule has 0 bridgehead atoms. The van der Waals surface area contributed by atoms with Gasteiger partial charge in [-0.25, -0.2) is 4.68 Å². The topological polar surface area (TPSA) is 82.4 Å². The van der Waals surface area contributed by atoms with Crippen LogP contribution in [0.3, 0.4) is 0 Å². The highest BCUT2D eigenvalue weighted by Crippen LogP contribution is 2.30. The molecule has 0 spiro atoms. The maximum Gasteiger partial charge on any atom is 0.416 e. The highest BCUT2D eigenvalue weighted by molar-refractivity contribution is 5.92. The second-order valence-electron chi connectivity index (χ2n) is 6.17. The second-order valence-corrected chi connectivity index (χ2v) is 6.17. The van der Waals surface area contributed by atoms with Crippen LogP contribution in [0.15, 0.2) is 35.1 Å². The average Bonchev–Trinajstić information content (AvgIpc) is 2.66. The minimum absolute atomic E-state index is 0.0953. The Kier molecular flexibility index (Phi) is 7.91. The molecule has 0 aliphatic carbocycles. The van der Waals surface area contributed by atoms with Crippen molar-refractivity contribution in [2.24, 2.45) is 0 Å². The van der Waals surface area contributed by atoms with Crippen LogP contribution in [0.2, 0.25) is 0 Å². The number of hydrogen-bond acceptors (Lipinski definition) is 5. The lowest BCUT2D eigenvalue weighted by Crippen LogP contribution is -2.33. The van der Waals surface area contributed by atoms with Gasteiger partial charge in [-0.15, -0.1) is 0 Å². The van der Waals surface area contributed by atoms with Gasteiger partial charge in [-0.2, -0.15) is 18.3 Å². The van der Waals surface area contributed by atoms with E-state index in [0.717, 1.165) is 22.9 Å². The number of carbonyl (C=O) groups excluding carboxylic acids is 1. The maximum absolute atomic E-state index is 13.0. The summed E-state index contributed by atoms with van der Waals surface area (Å²) in [5, 5.41) is 6.54. The monoisotopic (exact) mass is 413 g/mol. The van der Waals surface area contributed by atoms with Crippen LogP contribution in [0.4, 0.5) is 13.2 Å². The van der Waals surface area contributed by atoms with Crippen LogP contribution in [0.5, 0.6) is 0 Å². The minimum atomic E-state index is -4.52. The van der Waals surface area contributed by atoms with Gasteiger partial charge in [0.15, 0.2) is 5.69 Å². The SMILES string of the molecule is COCCOCCCNC(=O)c1nn(-c2cccc(C(F)(F)F)c2)c(C)cc1=O. The number of methoxy groups -OCH3 is 1. The Morgan fingerprint density at radius 1 is 1.21 bits per heavy atom. The summed E-state index contributed by atoms with van der Waals surface area (Å²) in [6, 6.07) is 5.66. The van der Waals surface area contributed by atoms with Gasteiger partial charge in [0.1, 0.15) is 0 Å². The molecular formula is C19H22F3N3O4. The third-order valence-corrected chi connectivity index (χ3v) is 3.92. The molecule has 0 aliphatic rings. The molecule has 7 nitrogen and oxygen atoms in total. The lowest BCUT2D eigenvalue weighted by Gasteiger charge is -2.13. The molecule has 29 heavy (non-hydrogen) atoms. The number of amides is 1. The number of carbonyl (C=O) groups is 1. The molecular weight excluding hydrogens is 391 g/mol. The van der Waals surface area contributed by atoms with Crippen molar-refractivity contribution in [3.8, 4) is 5.69 Å². The predicted molar refractivity (Wildman–Crippen MR) is 99.2 cm³/mol. The van der Waals surface area contributed by atoms with Gasteiger partial charge in [-0.05, 0) is 31.5 Å². The number of aromatic nitrogens is 2. The summed E-state index contributed by atoms with van der Waals surface area (Å²) in [6.45, 7) is 3.08. The van der Waals surface area contributed by atoms with E-state index in [9.17, 15) is 22.8 Å². The molecule has 0 radical (unpaired) electrons. The molecule has 1 heterocycles. The van der Waals surface area contributed by atoms with Crippen molar-refractivity contribution in [2.75, 3.05) is 33.5 Å². The van der Waals surface area contributed by atoms with Crippen LogP contribution in [0.1, 0.15) is 28.2 Å².